The summed E-state index contributed by atoms with van der Waals surface area (Å²) in [7, 11) is 0. The molecule has 0 aliphatic rings. The Kier molecular flexibility index (Phi) is 5.61. The van der Waals surface area contributed by atoms with Crippen LogP contribution in [-0.4, -0.2) is 33.7 Å². The fourth-order valence-electron chi connectivity index (χ4n) is 1.50. The Hall–Kier alpha value is -2.74. The van der Waals surface area contributed by atoms with E-state index in [1.807, 2.05) is 30.3 Å². The number of carbonyl (C=O) groups is 2. The van der Waals surface area contributed by atoms with Gasteiger partial charge < -0.3 is 10.4 Å². The number of carboxylic acids is 1. The minimum Gasteiger partial charge on any atom is -0.481 e. The van der Waals surface area contributed by atoms with Gasteiger partial charge in [-0.1, -0.05) is 41.7 Å². The first-order chi connectivity index (χ1) is 10.6. The number of hydrogen-bond acceptors (Lipinski definition) is 6. The van der Waals surface area contributed by atoms with Crippen LogP contribution in [0, 0.1) is 0 Å². The van der Waals surface area contributed by atoms with Crippen LogP contribution < -0.4 is 10.6 Å². The van der Waals surface area contributed by atoms with Gasteiger partial charge in [-0.05, 0) is 11.6 Å². The minimum absolute atomic E-state index is 0.0128. The van der Waals surface area contributed by atoms with Gasteiger partial charge in [0, 0.05) is 12.6 Å². The molecule has 0 aliphatic carbocycles. The Morgan fingerprint density at radius 1 is 1.18 bits per heavy atom. The molecule has 0 radical (unpaired) electrons. The summed E-state index contributed by atoms with van der Waals surface area (Å²) in [6.07, 6.45) is 3.09. The second kappa shape index (κ2) is 7.89. The summed E-state index contributed by atoms with van der Waals surface area (Å²) in [6, 6.07) is 9.45. The first-order valence-electron chi connectivity index (χ1n) is 6.47. The average Bonchev–Trinajstić information content (AvgIpc) is 2.93. The van der Waals surface area contributed by atoms with Crippen molar-refractivity contribution in [3.05, 3.63) is 42.0 Å². The van der Waals surface area contributed by atoms with E-state index in [2.05, 4.69) is 20.8 Å². The van der Waals surface area contributed by atoms with Gasteiger partial charge in [0.1, 0.15) is 0 Å². The van der Waals surface area contributed by atoms with Crippen LogP contribution in [-0.2, 0) is 9.59 Å². The zero-order valence-electron chi connectivity index (χ0n) is 11.5. The van der Waals surface area contributed by atoms with Crippen molar-refractivity contribution in [3.8, 4) is 0 Å². The third kappa shape index (κ3) is 5.33. The molecule has 0 aliphatic heterocycles. The summed E-state index contributed by atoms with van der Waals surface area (Å²) in [5.41, 5.74) is 0.922. The van der Waals surface area contributed by atoms with E-state index in [-0.39, 0.29) is 18.9 Å². The molecule has 1 heterocycles. The predicted molar refractivity (Wildman–Crippen MR) is 84.8 cm³/mol. The Bertz CT molecular complexity index is 670. The van der Waals surface area contributed by atoms with E-state index >= 15 is 0 Å². The molecule has 2 rings (SSSR count). The molecule has 7 nitrogen and oxygen atoms in total. The SMILES string of the molecule is O=C(O)CCNc1nnc(NC(=O)C=Cc2ccccc2)s1. The van der Waals surface area contributed by atoms with Crippen molar-refractivity contribution in [1.82, 2.24) is 10.2 Å². The average molecular weight is 318 g/mol. The molecule has 3 N–H and O–H groups in total. The molecule has 0 fully saturated rings. The molecule has 8 heteroatoms. The largest absolute Gasteiger partial charge is 0.481 e. The molecule has 114 valence electrons. The van der Waals surface area contributed by atoms with Crippen molar-refractivity contribution < 1.29 is 14.7 Å². The normalized spacial score (nSPS) is 10.5. The number of anilines is 2. The number of carbonyl (C=O) groups excluding carboxylic acids is 1. The van der Waals surface area contributed by atoms with E-state index in [0.717, 1.165) is 16.9 Å². The van der Waals surface area contributed by atoms with Crippen molar-refractivity contribution in [3.63, 3.8) is 0 Å². The zero-order valence-corrected chi connectivity index (χ0v) is 12.3. The molecular weight excluding hydrogens is 304 g/mol. The second-order valence-corrected chi connectivity index (χ2v) is 5.19. The van der Waals surface area contributed by atoms with Gasteiger partial charge in [-0.25, -0.2) is 0 Å². The quantitative estimate of drug-likeness (QED) is 0.675. The highest BCUT2D eigenvalue weighted by molar-refractivity contribution is 7.19. The van der Waals surface area contributed by atoms with Gasteiger partial charge in [-0.15, -0.1) is 10.2 Å². The molecule has 1 aromatic heterocycles. The lowest BCUT2D eigenvalue weighted by atomic mass is 10.2. The van der Waals surface area contributed by atoms with Crippen LogP contribution in [0.5, 0.6) is 0 Å². The van der Waals surface area contributed by atoms with Gasteiger partial charge in [0.25, 0.3) is 0 Å². The maximum absolute atomic E-state index is 11.7. The van der Waals surface area contributed by atoms with Crippen LogP contribution in [0.1, 0.15) is 12.0 Å². The molecule has 22 heavy (non-hydrogen) atoms. The van der Waals surface area contributed by atoms with Gasteiger partial charge >= 0.3 is 5.97 Å². The number of rotatable bonds is 7. The first kappa shape index (κ1) is 15.6. The highest BCUT2D eigenvalue weighted by Gasteiger charge is 2.06. The van der Waals surface area contributed by atoms with E-state index in [1.54, 1.807) is 6.08 Å². The Labute approximate surface area is 130 Å². The third-order valence-corrected chi connectivity index (χ3v) is 3.29. The lowest BCUT2D eigenvalue weighted by Crippen LogP contribution is -2.07. The summed E-state index contributed by atoms with van der Waals surface area (Å²) >= 11 is 1.14. The summed E-state index contributed by atoms with van der Waals surface area (Å²) in [4.78, 5) is 22.1. The number of nitrogens with one attached hydrogen (secondary N) is 2. The highest BCUT2D eigenvalue weighted by Crippen LogP contribution is 2.19. The fourth-order valence-corrected chi connectivity index (χ4v) is 2.18. The summed E-state index contributed by atoms with van der Waals surface area (Å²) in [6.45, 7) is 0.256. The Morgan fingerprint density at radius 3 is 2.64 bits per heavy atom. The molecule has 1 amide bonds. The number of benzene rings is 1. The number of carboxylic acid groups (broad SMARTS) is 1. The zero-order chi connectivity index (χ0) is 15.8. The fraction of sp³-hybridized carbons (Fsp3) is 0.143. The molecule has 0 spiro atoms. The van der Waals surface area contributed by atoms with Crippen LogP contribution in [0.2, 0.25) is 0 Å². The van der Waals surface area contributed by atoms with Gasteiger partial charge in [0.15, 0.2) is 0 Å². The molecular formula is C14H14N4O3S. The van der Waals surface area contributed by atoms with E-state index in [4.69, 9.17) is 5.11 Å². The monoisotopic (exact) mass is 318 g/mol. The van der Waals surface area contributed by atoms with Crippen molar-refractivity contribution in [2.75, 3.05) is 17.2 Å². The summed E-state index contributed by atoms with van der Waals surface area (Å²) in [5.74, 6) is -1.20. The highest BCUT2D eigenvalue weighted by atomic mass is 32.1. The molecule has 0 saturated carbocycles. The lowest BCUT2D eigenvalue weighted by molar-refractivity contribution is -0.136. The third-order valence-electron chi connectivity index (χ3n) is 2.50. The molecule has 0 atom stereocenters. The number of aliphatic carboxylic acids is 1. The standard InChI is InChI=1S/C14H14N4O3S/c19-11(7-6-10-4-2-1-3-5-10)16-14-18-17-13(22-14)15-9-8-12(20)21/h1-7H,8-9H2,(H,15,17)(H,20,21)(H,16,18,19). The summed E-state index contributed by atoms with van der Waals surface area (Å²) < 4.78 is 0. The second-order valence-electron chi connectivity index (χ2n) is 4.22. The molecule has 0 bridgehead atoms. The molecule has 0 saturated heterocycles. The predicted octanol–water partition coefficient (Wildman–Crippen LogP) is 2.08. The number of nitrogens with zero attached hydrogens (tertiary/aromatic N) is 2. The van der Waals surface area contributed by atoms with Crippen LogP contribution >= 0.6 is 11.3 Å². The Balaban J connectivity index is 1.83. The van der Waals surface area contributed by atoms with E-state index in [9.17, 15) is 9.59 Å². The van der Waals surface area contributed by atoms with Crippen LogP contribution in [0.25, 0.3) is 6.08 Å². The minimum atomic E-state index is -0.892. The van der Waals surface area contributed by atoms with Crippen molar-refractivity contribution in [2.24, 2.45) is 0 Å². The van der Waals surface area contributed by atoms with Crippen LogP contribution in [0.3, 0.4) is 0 Å². The lowest BCUT2D eigenvalue weighted by Gasteiger charge is -1.97. The molecule has 1 aromatic carbocycles. The topological polar surface area (TPSA) is 104 Å². The van der Waals surface area contributed by atoms with Crippen molar-refractivity contribution in [1.29, 1.82) is 0 Å². The number of aromatic nitrogens is 2. The van der Waals surface area contributed by atoms with Gasteiger partial charge in [0.2, 0.25) is 16.2 Å². The maximum Gasteiger partial charge on any atom is 0.305 e. The number of hydrogen-bond donors (Lipinski definition) is 3. The smallest absolute Gasteiger partial charge is 0.305 e. The van der Waals surface area contributed by atoms with Crippen molar-refractivity contribution in [2.45, 2.75) is 6.42 Å². The van der Waals surface area contributed by atoms with E-state index < -0.39 is 5.97 Å². The van der Waals surface area contributed by atoms with Crippen LogP contribution in [0.15, 0.2) is 36.4 Å². The first-order valence-corrected chi connectivity index (χ1v) is 7.28. The molecule has 2 aromatic rings. The molecule has 0 unspecified atom stereocenters. The maximum atomic E-state index is 11.7. The Morgan fingerprint density at radius 2 is 1.91 bits per heavy atom. The van der Waals surface area contributed by atoms with Crippen LogP contribution in [0.4, 0.5) is 10.3 Å². The number of amides is 1. The van der Waals surface area contributed by atoms with E-state index in [1.165, 1.54) is 6.08 Å². The van der Waals surface area contributed by atoms with Gasteiger partial charge in [-0.2, -0.15) is 0 Å². The van der Waals surface area contributed by atoms with Gasteiger partial charge in [0.05, 0.1) is 6.42 Å². The summed E-state index contributed by atoms with van der Waals surface area (Å²) in [5, 5.41) is 22.4. The van der Waals surface area contributed by atoms with Gasteiger partial charge in [-0.3, -0.25) is 14.9 Å². The van der Waals surface area contributed by atoms with E-state index in [0.29, 0.717) is 10.3 Å². The van der Waals surface area contributed by atoms with Crippen molar-refractivity contribution >= 4 is 39.6 Å².